The van der Waals surface area contributed by atoms with Crippen LogP contribution in [0.1, 0.15) is 11.3 Å². The summed E-state index contributed by atoms with van der Waals surface area (Å²) in [5.74, 6) is -0.106. The molecule has 128 valence electrons. The molecule has 0 bridgehead atoms. The summed E-state index contributed by atoms with van der Waals surface area (Å²) in [6.07, 6.45) is 0.218. The maximum Gasteiger partial charge on any atom is 0.230 e. The van der Waals surface area contributed by atoms with E-state index in [1.165, 1.54) is 11.3 Å². The molecule has 0 saturated carbocycles. The predicted molar refractivity (Wildman–Crippen MR) is 102 cm³/mol. The fraction of sp³-hybridized carbons (Fsp3) is 0.158. The summed E-state index contributed by atoms with van der Waals surface area (Å²) in [6.45, 7) is 0.511. The van der Waals surface area contributed by atoms with Crippen LogP contribution in [0.15, 0.2) is 53.9 Å². The first-order valence-corrected chi connectivity index (χ1v) is 8.98. The number of nitrogens with one attached hydrogen (secondary N) is 1. The molecule has 0 aliphatic carbocycles. The van der Waals surface area contributed by atoms with E-state index in [0.29, 0.717) is 11.6 Å². The van der Waals surface area contributed by atoms with E-state index in [0.717, 1.165) is 27.5 Å². The Kier molecular flexibility index (Phi) is 5.81. The third-order valence-corrected chi connectivity index (χ3v) is 4.77. The number of aromatic nitrogens is 1. The number of carbonyl (C=O) groups excluding carboxylic acids is 1. The van der Waals surface area contributed by atoms with Crippen LogP contribution in [0.3, 0.4) is 0 Å². The number of ether oxygens (including phenoxy) is 1. The van der Waals surface area contributed by atoms with E-state index in [-0.39, 0.29) is 12.3 Å². The molecular formula is C19H17ClN2O2S. The number of halogens is 1. The van der Waals surface area contributed by atoms with Gasteiger partial charge in [0.1, 0.15) is 5.01 Å². The number of benzene rings is 2. The average Bonchev–Trinajstić information content (AvgIpc) is 3.04. The van der Waals surface area contributed by atoms with Crippen molar-refractivity contribution in [1.82, 2.24) is 4.98 Å². The summed E-state index contributed by atoms with van der Waals surface area (Å²) < 4.78 is 5.11. The number of carbonyl (C=O) groups is 1. The molecule has 4 nitrogen and oxygen atoms in total. The molecule has 0 fully saturated rings. The first kappa shape index (κ1) is 17.6. The minimum absolute atomic E-state index is 0.106. The fourth-order valence-corrected chi connectivity index (χ4v) is 3.56. The lowest BCUT2D eigenvalue weighted by Gasteiger charge is -2.06. The molecule has 1 amide bonds. The van der Waals surface area contributed by atoms with E-state index in [1.54, 1.807) is 7.11 Å². The number of anilines is 1. The van der Waals surface area contributed by atoms with Crippen molar-refractivity contribution in [1.29, 1.82) is 0 Å². The van der Waals surface area contributed by atoms with Gasteiger partial charge in [0, 0.05) is 23.7 Å². The van der Waals surface area contributed by atoms with Gasteiger partial charge in [-0.1, -0.05) is 41.9 Å². The molecule has 2 aromatic carbocycles. The average molecular weight is 373 g/mol. The number of amides is 1. The van der Waals surface area contributed by atoms with Gasteiger partial charge in [-0.2, -0.15) is 0 Å². The van der Waals surface area contributed by atoms with Gasteiger partial charge in [-0.3, -0.25) is 4.79 Å². The van der Waals surface area contributed by atoms with Gasteiger partial charge in [0.2, 0.25) is 5.91 Å². The van der Waals surface area contributed by atoms with Crippen LogP contribution in [-0.4, -0.2) is 18.0 Å². The van der Waals surface area contributed by atoms with Crippen LogP contribution in [0.4, 0.5) is 5.69 Å². The monoisotopic (exact) mass is 372 g/mol. The molecule has 6 heteroatoms. The lowest BCUT2D eigenvalue weighted by Crippen LogP contribution is -2.14. The second kappa shape index (κ2) is 8.25. The maximum absolute atomic E-state index is 12.3. The standard InChI is InChI=1S/C19H17ClN2O2S/c1-24-11-13-5-4-6-14(9-13)21-18(23)10-15-12-25-19(22-15)16-7-2-3-8-17(16)20/h2-9,12H,10-11H2,1H3,(H,21,23). The Labute approximate surface area is 155 Å². The zero-order chi connectivity index (χ0) is 17.6. The van der Waals surface area contributed by atoms with Gasteiger partial charge < -0.3 is 10.1 Å². The molecule has 1 N–H and O–H groups in total. The molecule has 25 heavy (non-hydrogen) atoms. The summed E-state index contributed by atoms with van der Waals surface area (Å²) >= 11 is 7.68. The molecule has 0 unspecified atom stereocenters. The second-order valence-corrected chi connectivity index (χ2v) is 6.75. The van der Waals surface area contributed by atoms with E-state index in [2.05, 4.69) is 10.3 Å². The van der Waals surface area contributed by atoms with E-state index in [1.807, 2.05) is 53.9 Å². The Bertz CT molecular complexity index is 879. The maximum atomic E-state index is 12.3. The van der Waals surface area contributed by atoms with Gasteiger partial charge >= 0.3 is 0 Å². The van der Waals surface area contributed by atoms with Gasteiger partial charge in [0.15, 0.2) is 0 Å². The number of methoxy groups -OCH3 is 1. The highest BCUT2D eigenvalue weighted by Gasteiger charge is 2.11. The van der Waals surface area contributed by atoms with Crippen LogP contribution < -0.4 is 5.32 Å². The van der Waals surface area contributed by atoms with Gasteiger partial charge in [0.05, 0.1) is 23.7 Å². The molecule has 0 spiro atoms. The molecular weight excluding hydrogens is 356 g/mol. The smallest absolute Gasteiger partial charge is 0.230 e. The Morgan fingerprint density at radius 1 is 1.24 bits per heavy atom. The number of thiazole rings is 1. The minimum atomic E-state index is -0.106. The van der Waals surface area contributed by atoms with E-state index in [9.17, 15) is 4.79 Å². The topological polar surface area (TPSA) is 51.2 Å². The summed E-state index contributed by atoms with van der Waals surface area (Å²) in [7, 11) is 1.64. The second-order valence-electron chi connectivity index (χ2n) is 5.48. The number of hydrogen-bond donors (Lipinski definition) is 1. The van der Waals surface area contributed by atoms with Crippen LogP contribution >= 0.6 is 22.9 Å². The van der Waals surface area contributed by atoms with Crippen LogP contribution in [0.2, 0.25) is 5.02 Å². The Morgan fingerprint density at radius 2 is 2.08 bits per heavy atom. The summed E-state index contributed by atoms with van der Waals surface area (Å²) in [5, 5.41) is 6.25. The first-order chi connectivity index (χ1) is 12.2. The quantitative estimate of drug-likeness (QED) is 0.676. The lowest BCUT2D eigenvalue weighted by atomic mass is 10.2. The van der Waals surface area contributed by atoms with Crippen LogP contribution in [0, 0.1) is 0 Å². The summed E-state index contributed by atoms with van der Waals surface area (Å²) in [5.41, 5.74) is 3.37. The largest absolute Gasteiger partial charge is 0.380 e. The fourth-order valence-electron chi connectivity index (χ4n) is 2.42. The predicted octanol–water partition coefficient (Wildman–Crippen LogP) is 4.79. The lowest BCUT2D eigenvalue weighted by molar-refractivity contribution is -0.115. The first-order valence-electron chi connectivity index (χ1n) is 7.73. The van der Waals surface area contributed by atoms with Crippen LogP contribution in [0.25, 0.3) is 10.6 Å². The van der Waals surface area contributed by atoms with Crippen LogP contribution in [-0.2, 0) is 22.6 Å². The van der Waals surface area contributed by atoms with Crippen molar-refractivity contribution in [3.63, 3.8) is 0 Å². The molecule has 0 aliphatic heterocycles. The number of hydrogen-bond acceptors (Lipinski definition) is 4. The van der Waals surface area contributed by atoms with Gasteiger partial charge in [0.25, 0.3) is 0 Å². The minimum Gasteiger partial charge on any atom is -0.380 e. The van der Waals surface area contributed by atoms with E-state index >= 15 is 0 Å². The molecule has 3 aromatic rings. The molecule has 1 heterocycles. The van der Waals surface area contributed by atoms with Crippen molar-refractivity contribution in [2.75, 3.05) is 12.4 Å². The van der Waals surface area contributed by atoms with E-state index in [4.69, 9.17) is 16.3 Å². The molecule has 0 atom stereocenters. The third-order valence-electron chi connectivity index (χ3n) is 3.52. The highest BCUT2D eigenvalue weighted by molar-refractivity contribution is 7.13. The Balaban J connectivity index is 1.66. The molecule has 0 aliphatic rings. The van der Waals surface area contributed by atoms with Crippen molar-refractivity contribution < 1.29 is 9.53 Å². The zero-order valence-corrected chi connectivity index (χ0v) is 15.2. The third kappa shape index (κ3) is 4.66. The molecule has 3 rings (SSSR count). The van der Waals surface area contributed by atoms with Crippen molar-refractivity contribution in [2.45, 2.75) is 13.0 Å². The highest BCUT2D eigenvalue weighted by atomic mass is 35.5. The SMILES string of the molecule is COCc1cccc(NC(=O)Cc2csc(-c3ccccc3Cl)n2)c1. The Morgan fingerprint density at radius 3 is 2.88 bits per heavy atom. The van der Waals surface area contributed by atoms with Crippen molar-refractivity contribution in [3.05, 3.63) is 70.2 Å². The molecule has 0 saturated heterocycles. The van der Waals surface area contributed by atoms with Crippen molar-refractivity contribution >= 4 is 34.5 Å². The Hall–Kier alpha value is -2.21. The van der Waals surface area contributed by atoms with Crippen molar-refractivity contribution in [2.24, 2.45) is 0 Å². The normalized spacial score (nSPS) is 10.6. The van der Waals surface area contributed by atoms with Gasteiger partial charge in [-0.15, -0.1) is 11.3 Å². The van der Waals surface area contributed by atoms with Crippen LogP contribution in [0.5, 0.6) is 0 Å². The summed E-state index contributed by atoms with van der Waals surface area (Å²) in [4.78, 5) is 16.8. The van der Waals surface area contributed by atoms with Gasteiger partial charge in [-0.05, 0) is 23.8 Å². The number of rotatable bonds is 6. The zero-order valence-electron chi connectivity index (χ0n) is 13.7. The highest BCUT2D eigenvalue weighted by Crippen LogP contribution is 2.30. The molecule has 1 aromatic heterocycles. The van der Waals surface area contributed by atoms with E-state index < -0.39 is 0 Å². The van der Waals surface area contributed by atoms with Gasteiger partial charge in [-0.25, -0.2) is 4.98 Å². The summed E-state index contributed by atoms with van der Waals surface area (Å²) in [6, 6.07) is 15.2. The molecule has 0 radical (unpaired) electrons. The number of nitrogens with zero attached hydrogens (tertiary/aromatic N) is 1. The van der Waals surface area contributed by atoms with Crippen molar-refractivity contribution in [3.8, 4) is 10.6 Å².